The lowest BCUT2D eigenvalue weighted by Crippen LogP contribution is -2.28. The fourth-order valence-corrected chi connectivity index (χ4v) is 3.11. The van der Waals surface area contributed by atoms with Gasteiger partial charge in [-0.1, -0.05) is 42.5 Å². The standard InChI is InChI=1S/C21H23N3O/c1-14(17-10-6-8-15-7-4-5-9-18(15)17)23-21(25)19-13-16(22)11-12-20(19)24(2)3/h4-14H,22H2,1-3H3,(H,23,25). The maximum absolute atomic E-state index is 12.8. The van der Waals surface area contributed by atoms with Crippen LogP contribution in [0.1, 0.15) is 28.9 Å². The number of nitrogen functional groups attached to an aromatic ring is 1. The van der Waals surface area contributed by atoms with Crippen molar-refractivity contribution in [2.45, 2.75) is 13.0 Å². The number of hydrogen-bond donors (Lipinski definition) is 2. The van der Waals surface area contributed by atoms with Gasteiger partial charge in [0, 0.05) is 25.5 Å². The Balaban J connectivity index is 1.92. The number of fused-ring (bicyclic) bond motifs is 1. The molecule has 0 radical (unpaired) electrons. The molecule has 1 amide bonds. The first kappa shape index (κ1) is 16.8. The van der Waals surface area contributed by atoms with Crippen molar-refractivity contribution < 1.29 is 4.79 Å². The lowest BCUT2D eigenvalue weighted by molar-refractivity contribution is 0.0940. The van der Waals surface area contributed by atoms with Crippen LogP contribution in [0.15, 0.2) is 60.7 Å². The van der Waals surface area contributed by atoms with Crippen molar-refractivity contribution in [2.75, 3.05) is 24.7 Å². The molecular weight excluding hydrogens is 310 g/mol. The molecule has 128 valence electrons. The minimum absolute atomic E-state index is 0.116. The molecule has 4 nitrogen and oxygen atoms in total. The molecular formula is C21H23N3O. The molecule has 1 unspecified atom stereocenters. The van der Waals surface area contributed by atoms with Crippen molar-refractivity contribution >= 4 is 28.1 Å². The summed E-state index contributed by atoms with van der Waals surface area (Å²) in [5.41, 5.74) is 8.98. The Hall–Kier alpha value is -3.01. The van der Waals surface area contributed by atoms with Gasteiger partial charge in [-0.15, -0.1) is 0 Å². The van der Waals surface area contributed by atoms with E-state index in [0.717, 1.165) is 16.6 Å². The number of nitrogens with one attached hydrogen (secondary N) is 1. The molecule has 1 atom stereocenters. The second-order valence-electron chi connectivity index (χ2n) is 6.43. The van der Waals surface area contributed by atoms with Crippen LogP contribution in [0.3, 0.4) is 0 Å². The summed E-state index contributed by atoms with van der Waals surface area (Å²) in [5.74, 6) is -0.128. The van der Waals surface area contributed by atoms with Gasteiger partial charge in [-0.3, -0.25) is 4.79 Å². The number of amides is 1. The highest BCUT2D eigenvalue weighted by atomic mass is 16.1. The van der Waals surface area contributed by atoms with Gasteiger partial charge in [0.2, 0.25) is 0 Å². The van der Waals surface area contributed by atoms with Gasteiger partial charge in [-0.2, -0.15) is 0 Å². The average Bonchev–Trinajstić information content (AvgIpc) is 2.60. The molecule has 3 rings (SSSR count). The summed E-state index contributed by atoms with van der Waals surface area (Å²) in [5, 5.41) is 5.42. The van der Waals surface area contributed by atoms with E-state index in [0.29, 0.717) is 11.3 Å². The third-order valence-corrected chi connectivity index (χ3v) is 4.38. The summed E-state index contributed by atoms with van der Waals surface area (Å²) in [4.78, 5) is 14.8. The molecule has 3 aromatic rings. The van der Waals surface area contributed by atoms with E-state index in [1.165, 1.54) is 5.39 Å². The molecule has 0 aliphatic rings. The molecule has 4 heteroatoms. The molecule has 3 N–H and O–H groups in total. The van der Waals surface area contributed by atoms with Crippen LogP contribution in [0.5, 0.6) is 0 Å². The highest BCUT2D eigenvalue weighted by Crippen LogP contribution is 2.26. The van der Waals surface area contributed by atoms with Crippen LogP contribution in [0, 0.1) is 0 Å². The van der Waals surface area contributed by atoms with Crippen molar-refractivity contribution in [3.05, 3.63) is 71.8 Å². The zero-order valence-corrected chi connectivity index (χ0v) is 14.8. The van der Waals surface area contributed by atoms with Crippen molar-refractivity contribution in [1.82, 2.24) is 5.32 Å². The number of carbonyl (C=O) groups is 1. The zero-order valence-electron chi connectivity index (χ0n) is 14.8. The Morgan fingerprint density at radius 1 is 1.04 bits per heavy atom. The van der Waals surface area contributed by atoms with Gasteiger partial charge < -0.3 is 16.0 Å². The van der Waals surface area contributed by atoms with Gasteiger partial charge in [0.25, 0.3) is 5.91 Å². The highest BCUT2D eigenvalue weighted by Gasteiger charge is 2.17. The summed E-state index contributed by atoms with van der Waals surface area (Å²) in [6, 6.07) is 19.6. The predicted octanol–water partition coefficient (Wildman–Crippen LogP) is 3.98. The van der Waals surface area contributed by atoms with Gasteiger partial charge in [-0.05, 0) is 41.5 Å². The molecule has 0 fully saturated rings. The molecule has 3 aromatic carbocycles. The molecule has 0 saturated heterocycles. The van der Waals surface area contributed by atoms with Crippen LogP contribution < -0.4 is 16.0 Å². The van der Waals surface area contributed by atoms with Gasteiger partial charge in [0.1, 0.15) is 0 Å². The molecule has 0 aliphatic carbocycles. The monoisotopic (exact) mass is 333 g/mol. The van der Waals surface area contributed by atoms with E-state index in [1.807, 2.05) is 50.2 Å². The summed E-state index contributed by atoms with van der Waals surface area (Å²) in [6.07, 6.45) is 0. The predicted molar refractivity (Wildman–Crippen MR) is 105 cm³/mol. The third kappa shape index (κ3) is 3.43. The van der Waals surface area contributed by atoms with E-state index in [9.17, 15) is 4.79 Å². The maximum atomic E-state index is 12.8. The fourth-order valence-electron chi connectivity index (χ4n) is 3.11. The summed E-state index contributed by atoms with van der Waals surface area (Å²) >= 11 is 0. The van der Waals surface area contributed by atoms with Crippen molar-refractivity contribution in [3.63, 3.8) is 0 Å². The van der Waals surface area contributed by atoms with E-state index in [1.54, 1.807) is 12.1 Å². The second kappa shape index (κ2) is 6.85. The SMILES string of the molecule is CC(NC(=O)c1cc(N)ccc1N(C)C)c1cccc2ccccc12. The Bertz CT molecular complexity index is 913. The first-order valence-electron chi connectivity index (χ1n) is 8.32. The maximum Gasteiger partial charge on any atom is 0.253 e. The van der Waals surface area contributed by atoms with Crippen LogP contribution in [0.2, 0.25) is 0 Å². The minimum atomic E-state index is -0.128. The van der Waals surface area contributed by atoms with Crippen LogP contribution in [0.4, 0.5) is 11.4 Å². The third-order valence-electron chi connectivity index (χ3n) is 4.38. The fraction of sp³-hybridized carbons (Fsp3) is 0.190. The number of benzene rings is 3. The van der Waals surface area contributed by atoms with Gasteiger partial charge in [0.05, 0.1) is 11.6 Å². The summed E-state index contributed by atoms with van der Waals surface area (Å²) in [7, 11) is 3.83. The van der Waals surface area contributed by atoms with E-state index >= 15 is 0 Å². The molecule has 0 spiro atoms. The van der Waals surface area contributed by atoms with Crippen LogP contribution in [0.25, 0.3) is 10.8 Å². The van der Waals surface area contributed by atoms with Crippen LogP contribution in [-0.4, -0.2) is 20.0 Å². The Morgan fingerprint density at radius 2 is 1.76 bits per heavy atom. The average molecular weight is 333 g/mol. The topological polar surface area (TPSA) is 58.4 Å². The Kier molecular flexibility index (Phi) is 4.61. The van der Waals surface area contributed by atoms with Crippen molar-refractivity contribution in [2.24, 2.45) is 0 Å². The number of anilines is 2. The van der Waals surface area contributed by atoms with Gasteiger partial charge in [0.15, 0.2) is 0 Å². The number of rotatable bonds is 4. The highest BCUT2D eigenvalue weighted by molar-refractivity contribution is 6.01. The van der Waals surface area contributed by atoms with Crippen LogP contribution >= 0.6 is 0 Å². The Morgan fingerprint density at radius 3 is 2.52 bits per heavy atom. The molecule has 0 saturated carbocycles. The first-order valence-corrected chi connectivity index (χ1v) is 8.32. The van der Waals surface area contributed by atoms with Crippen LogP contribution in [-0.2, 0) is 0 Å². The quantitative estimate of drug-likeness (QED) is 0.710. The largest absolute Gasteiger partial charge is 0.399 e. The molecule has 25 heavy (non-hydrogen) atoms. The normalized spacial score (nSPS) is 12.0. The van der Waals surface area contributed by atoms with E-state index in [4.69, 9.17) is 5.73 Å². The number of hydrogen-bond acceptors (Lipinski definition) is 3. The summed E-state index contributed by atoms with van der Waals surface area (Å²) in [6.45, 7) is 2.00. The van der Waals surface area contributed by atoms with Gasteiger partial charge in [-0.25, -0.2) is 0 Å². The number of carbonyl (C=O) groups excluding carboxylic acids is 1. The van der Waals surface area contributed by atoms with Crippen molar-refractivity contribution in [1.29, 1.82) is 0 Å². The molecule has 0 aliphatic heterocycles. The van der Waals surface area contributed by atoms with E-state index < -0.39 is 0 Å². The molecule has 0 aromatic heterocycles. The number of nitrogens with zero attached hydrogens (tertiary/aromatic N) is 1. The number of nitrogens with two attached hydrogens (primary N) is 1. The van der Waals surface area contributed by atoms with Gasteiger partial charge >= 0.3 is 0 Å². The first-order chi connectivity index (χ1) is 12.0. The Labute approximate surface area is 148 Å². The smallest absolute Gasteiger partial charge is 0.253 e. The summed E-state index contributed by atoms with van der Waals surface area (Å²) < 4.78 is 0. The lowest BCUT2D eigenvalue weighted by Gasteiger charge is -2.21. The second-order valence-corrected chi connectivity index (χ2v) is 6.43. The van der Waals surface area contributed by atoms with E-state index in [-0.39, 0.29) is 11.9 Å². The molecule has 0 bridgehead atoms. The van der Waals surface area contributed by atoms with Crippen molar-refractivity contribution in [3.8, 4) is 0 Å². The zero-order chi connectivity index (χ0) is 18.0. The van der Waals surface area contributed by atoms with E-state index in [2.05, 4.69) is 29.6 Å². The molecule has 0 heterocycles. The minimum Gasteiger partial charge on any atom is -0.399 e. The lowest BCUT2D eigenvalue weighted by atomic mass is 9.99.